The number of alkyl halides is 3. The summed E-state index contributed by atoms with van der Waals surface area (Å²) in [6.45, 7) is 6.30. The Morgan fingerprint density at radius 1 is 1.09 bits per heavy atom. The van der Waals surface area contributed by atoms with Gasteiger partial charge in [-0.15, -0.1) is 24.0 Å². The summed E-state index contributed by atoms with van der Waals surface area (Å²) in [7, 11) is 1.71. The molecule has 1 aromatic carbocycles. The Bertz CT molecular complexity index is 729. The second-order valence-electron chi connectivity index (χ2n) is 8.48. The van der Waals surface area contributed by atoms with Crippen LogP contribution in [0.25, 0.3) is 0 Å². The zero-order valence-electron chi connectivity index (χ0n) is 18.7. The summed E-state index contributed by atoms with van der Waals surface area (Å²) in [6.07, 6.45) is -2.14. The number of nitrogens with one attached hydrogen (secondary N) is 1. The highest BCUT2D eigenvalue weighted by Crippen LogP contribution is 2.25. The molecule has 0 radical (unpaired) electrons. The minimum atomic E-state index is -4.19. The van der Waals surface area contributed by atoms with Gasteiger partial charge >= 0.3 is 6.18 Å². The van der Waals surface area contributed by atoms with Gasteiger partial charge in [-0.3, -0.25) is 14.8 Å². The van der Waals surface area contributed by atoms with Crippen LogP contribution < -0.4 is 5.32 Å². The summed E-state index contributed by atoms with van der Waals surface area (Å²) in [5.74, 6) is 1.10. The fourth-order valence-electron chi connectivity index (χ4n) is 4.31. The maximum Gasteiger partial charge on any atom is 0.403 e. The first-order valence-electron chi connectivity index (χ1n) is 11.0. The van der Waals surface area contributed by atoms with Crippen LogP contribution in [0.5, 0.6) is 0 Å². The van der Waals surface area contributed by atoms with E-state index in [4.69, 9.17) is 0 Å². The molecule has 2 fully saturated rings. The quantitative estimate of drug-likeness (QED) is 0.253. The normalized spacial score (nSPS) is 20.7. The highest BCUT2D eigenvalue weighted by atomic mass is 127. The van der Waals surface area contributed by atoms with Crippen molar-refractivity contribution in [3.63, 3.8) is 0 Å². The van der Waals surface area contributed by atoms with Gasteiger partial charge in [0.1, 0.15) is 11.9 Å². The smallest absolute Gasteiger partial charge is 0.356 e. The molecule has 10 heteroatoms. The number of hydrogen-bond acceptors (Lipinski definition) is 3. The summed E-state index contributed by atoms with van der Waals surface area (Å²) >= 11 is 0. The van der Waals surface area contributed by atoms with Gasteiger partial charge in [-0.25, -0.2) is 4.39 Å². The summed E-state index contributed by atoms with van der Waals surface area (Å²) < 4.78 is 52.7. The van der Waals surface area contributed by atoms with E-state index >= 15 is 0 Å². The standard InChI is InChI=1S/C22H33F4N5.HI/c1-17(22(24,25)26)30-11-13-31(14-12-30)21(27-2)28-15-18-7-9-29(10-8-18)16-19-5-3-4-6-20(19)23;/h3-6,17-18H,7-16H2,1-2H3,(H,27,28);1H. The van der Waals surface area contributed by atoms with Gasteiger partial charge in [0, 0.05) is 51.9 Å². The van der Waals surface area contributed by atoms with E-state index in [1.807, 2.05) is 17.0 Å². The average Bonchev–Trinajstić information content (AvgIpc) is 2.76. The zero-order valence-corrected chi connectivity index (χ0v) is 21.1. The number of nitrogens with zero attached hydrogens (tertiary/aromatic N) is 4. The molecule has 2 aliphatic heterocycles. The van der Waals surface area contributed by atoms with Crippen LogP contribution in [0.15, 0.2) is 29.3 Å². The minimum Gasteiger partial charge on any atom is -0.356 e. The lowest BCUT2D eigenvalue weighted by atomic mass is 9.96. The van der Waals surface area contributed by atoms with E-state index in [1.54, 1.807) is 13.1 Å². The molecule has 3 rings (SSSR count). The molecule has 1 N–H and O–H groups in total. The summed E-state index contributed by atoms with van der Waals surface area (Å²) in [5, 5.41) is 3.41. The zero-order chi connectivity index (χ0) is 22.4. The largest absolute Gasteiger partial charge is 0.403 e. The number of piperazine rings is 1. The molecule has 32 heavy (non-hydrogen) atoms. The molecule has 2 heterocycles. The molecular weight excluding hydrogens is 537 g/mol. The summed E-state index contributed by atoms with van der Waals surface area (Å²) in [4.78, 5) is 10.1. The van der Waals surface area contributed by atoms with E-state index in [1.165, 1.54) is 17.9 Å². The van der Waals surface area contributed by atoms with Crippen LogP contribution in [0.1, 0.15) is 25.3 Å². The van der Waals surface area contributed by atoms with Gasteiger partial charge in [0.2, 0.25) is 0 Å². The van der Waals surface area contributed by atoms with Crippen molar-refractivity contribution in [2.24, 2.45) is 10.9 Å². The number of aliphatic imine (C=N–C) groups is 1. The molecular formula is C22H34F4IN5. The Morgan fingerprint density at radius 2 is 1.72 bits per heavy atom. The third kappa shape index (κ3) is 7.44. The van der Waals surface area contributed by atoms with Crippen LogP contribution in [0, 0.1) is 11.7 Å². The van der Waals surface area contributed by atoms with Gasteiger partial charge in [-0.1, -0.05) is 18.2 Å². The highest BCUT2D eigenvalue weighted by Gasteiger charge is 2.41. The molecule has 2 saturated heterocycles. The number of halogens is 5. The van der Waals surface area contributed by atoms with Gasteiger partial charge in [-0.2, -0.15) is 13.2 Å². The van der Waals surface area contributed by atoms with Crippen LogP contribution >= 0.6 is 24.0 Å². The molecule has 2 aliphatic rings. The van der Waals surface area contributed by atoms with Gasteiger partial charge in [0.15, 0.2) is 5.96 Å². The van der Waals surface area contributed by atoms with E-state index < -0.39 is 12.2 Å². The average molecular weight is 571 g/mol. The van der Waals surface area contributed by atoms with Crippen molar-refractivity contribution in [2.45, 2.75) is 38.5 Å². The lowest BCUT2D eigenvalue weighted by Gasteiger charge is -2.40. The van der Waals surface area contributed by atoms with Gasteiger partial charge in [0.25, 0.3) is 0 Å². The second kappa shape index (κ2) is 12.4. The first-order chi connectivity index (χ1) is 14.8. The Kier molecular flexibility index (Phi) is 10.5. The van der Waals surface area contributed by atoms with Crippen molar-refractivity contribution in [2.75, 3.05) is 52.9 Å². The molecule has 0 saturated carbocycles. The van der Waals surface area contributed by atoms with Gasteiger partial charge < -0.3 is 10.2 Å². The molecule has 0 aromatic heterocycles. The van der Waals surface area contributed by atoms with E-state index in [0.717, 1.165) is 44.0 Å². The van der Waals surface area contributed by atoms with E-state index in [2.05, 4.69) is 15.2 Å². The molecule has 0 aliphatic carbocycles. The molecule has 182 valence electrons. The molecule has 0 amide bonds. The molecule has 1 unspecified atom stereocenters. The van der Waals surface area contributed by atoms with E-state index in [0.29, 0.717) is 38.6 Å². The fraction of sp³-hybridized carbons (Fsp3) is 0.682. The van der Waals surface area contributed by atoms with Crippen LogP contribution in [0.3, 0.4) is 0 Å². The van der Waals surface area contributed by atoms with Crippen LogP contribution in [-0.2, 0) is 6.54 Å². The Balaban J connectivity index is 0.00000363. The first-order valence-corrected chi connectivity index (χ1v) is 11.0. The van der Waals surface area contributed by atoms with Crippen molar-refractivity contribution in [3.8, 4) is 0 Å². The molecule has 1 atom stereocenters. The minimum absolute atomic E-state index is 0. The number of guanidine groups is 1. The van der Waals surface area contributed by atoms with Crippen LogP contribution in [-0.4, -0.2) is 85.7 Å². The third-order valence-electron chi connectivity index (χ3n) is 6.45. The van der Waals surface area contributed by atoms with Crippen molar-refractivity contribution in [3.05, 3.63) is 35.6 Å². The highest BCUT2D eigenvalue weighted by molar-refractivity contribution is 14.0. The number of likely N-dealkylation sites (tertiary alicyclic amines) is 1. The molecule has 5 nitrogen and oxygen atoms in total. The molecule has 0 bridgehead atoms. The van der Waals surface area contributed by atoms with Crippen LogP contribution in [0.4, 0.5) is 17.6 Å². The third-order valence-corrected chi connectivity index (χ3v) is 6.45. The van der Waals surface area contributed by atoms with Gasteiger partial charge in [0.05, 0.1) is 0 Å². The van der Waals surface area contributed by atoms with Crippen molar-refractivity contribution < 1.29 is 17.6 Å². The Morgan fingerprint density at radius 3 is 2.28 bits per heavy atom. The van der Waals surface area contributed by atoms with Crippen molar-refractivity contribution >= 4 is 29.9 Å². The number of benzene rings is 1. The van der Waals surface area contributed by atoms with Crippen LogP contribution in [0.2, 0.25) is 0 Å². The molecule has 0 spiro atoms. The predicted molar refractivity (Wildman–Crippen MR) is 130 cm³/mol. The van der Waals surface area contributed by atoms with Gasteiger partial charge in [-0.05, 0) is 44.8 Å². The number of hydrogen-bond donors (Lipinski definition) is 1. The maximum absolute atomic E-state index is 13.9. The van der Waals surface area contributed by atoms with E-state index in [9.17, 15) is 17.6 Å². The van der Waals surface area contributed by atoms with E-state index in [-0.39, 0.29) is 29.8 Å². The Labute approximate surface area is 205 Å². The predicted octanol–water partition coefficient (Wildman–Crippen LogP) is 3.80. The monoisotopic (exact) mass is 571 g/mol. The lowest BCUT2D eigenvalue weighted by molar-refractivity contribution is -0.181. The maximum atomic E-state index is 13.9. The second-order valence-corrected chi connectivity index (χ2v) is 8.48. The number of rotatable bonds is 5. The molecule has 1 aromatic rings. The fourth-order valence-corrected chi connectivity index (χ4v) is 4.31. The summed E-state index contributed by atoms with van der Waals surface area (Å²) in [6, 6.07) is 5.49. The van der Waals surface area contributed by atoms with Crippen molar-refractivity contribution in [1.29, 1.82) is 0 Å². The lowest BCUT2D eigenvalue weighted by Crippen LogP contribution is -2.57. The summed E-state index contributed by atoms with van der Waals surface area (Å²) in [5.41, 5.74) is 0.735. The first kappa shape index (κ1) is 27.1. The Hall–Kier alpha value is -1.14. The SMILES string of the molecule is CN=C(NCC1CCN(Cc2ccccc2F)CC1)N1CCN(C(C)C(F)(F)F)CC1.I. The number of piperidine rings is 1. The topological polar surface area (TPSA) is 34.1 Å². The van der Waals surface area contributed by atoms with Crippen molar-refractivity contribution in [1.82, 2.24) is 20.0 Å².